The van der Waals surface area contributed by atoms with Crippen molar-refractivity contribution < 1.29 is 13.2 Å². The Labute approximate surface area is 226 Å². The Hall–Kier alpha value is -2.59. The van der Waals surface area contributed by atoms with E-state index >= 15 is 0 Å². The van der Waals surface area contributed by atoms with Crippen LogP contribution in [-0.4, -0.2) is 53.9 Å². The molecule has 0 spiro atoms. The Morgan fingerprint density at radius 1 is 1.03 bits per heavy atom. The van der Waals surface area contributed by atoms with Crippen LogP contribution in [0.1, 0.15) is 37.5 Å². The first-order chi connectivity index (χ1) is 17.6. The summed E-state index contributed by atoms with van der Waals surface area (Å²) in [5, 5.41) is 4.69. The van der Waals surface area contributed by atoms with Crippen LogP contribution in [0.2, 0.25) is 10.0 Å². The van der Waals surface area contributed by atoms with Gasteiger partial charge in [0, 0.05) is 36.2 Å². The van der Waals surface area contributed by atoms with Gasteiger partial charge in [0.15, 0.2) is 0 Å². The molecule has 2 aromatic carbocycles. The number of hydrogen-bond acceptors (Lipinski definition) is 6. The van der Waals surface area contributed by atoms with Crippen LogP contribution in [-0.2, 0) is 16.4 Å². The van der Waals surface area contributed by atoms with Crippen molar-refractivity contribution in [2.24, 2.45) is 0 Å². The standard InChI is InChI=1S/C26H28Cl2N4O4S/c1-17(2)37(34,35)31-11-9-30(10-12-31)23-16-29-32(21-14-19(27)13-20(28)15-21)26(33)25(23)36-24-8-7-18-5-3-4-6-22(18)24/h3-6,13-17,24H,7-12H2,1-2H3. The second-order valence-corrected chi connectivity index (χ2v) is 12.9. The quantitative estimate of drug-likeness (QED) is 0.440. The number of halogens is 2. The predicted molar refractivity (Wildman–Crippen MR) is 146 cm³/mol. The van der Waals surface area contributed by atoms with Gasteiger partial charge in [-0.15, -0.1) is 0 Å². The molecule has 1 fully saturated rings. The van der Waals surface area contributed by atoms with Gasteiger partial charge in [-0.25, -0.2) is 8.42 Å². The third-order valence-corrected chi connectivity index (χ3v) is 9.59. The van der Waals surface area contributed by atoms with Gasteiger partial charge < -0.3 is 9.64 Å². The topological polar surface area (TPSA) is 84.7 Å². The molecule has 3 aromatic rings. The van der Waals surface area contributed by atoms with E-state index in [1.54, 1.807) is 38.2 Å². The summed E-state index contributed by atoms with van der Waals surface area (Å²) >= 11 is 12.4. The molecule has 37 heavy (non-hydrogen) atoms. The molecule has 0 N–H and O–H groups in total. The molecule has 1 aliphatic carbocycles. The van der Waals surface area contributed by atoms with E-state index in [4.69, 9.17) is 27.9 Å². The van der Waals surface area contributed by atoms with Crippen molar-refractivity contribution in [3.05, 3.63) is 80.2 Å². The Morgan fingerprint density at radius 2 is 1.70 bits per heavy atom. The number of hydrogen-bond donors (Lipinski definition) is 0. The van der Waals surface area contributed by atoms with Gasteiger partial charge in [-0.2, -0.15) is 14.1 Å². The van der Waals surface area contributed by atoms with Gasteiger partial charge in [-0.05, 0) is 56.0 Å². The number of fused-ring (bicyclic) bond motifs is 1. The van der Waals surface area contributed by atoms with Crippen LogP contribution in [0.25, 0.3) is 5.69 Å². The van der Waals surface area contributed by atoms with E-state index in [1.165, 1.54) is 14.6 Å². The van der Waals surface area contributed by atoms with Crippen molar-refractivity contribution in [2.75, 3.05) is 31.1 Å². The maximum absolute atomic E-state index is 13.8. The van der Waals surface area contributed by atoms with Gasteiger partial charge in [0.1, 0.15) is 11.8 Å². The van der Waals surface area contributed by atoms with Crippen molar-refractivity contribution in [3.8, 4) is 11.4 Å². The van der Waals surface area contributed by atoms with E-state index in [0.29, 0.717) is 47.6 Å². The predicted octanol–water partition coefficient (Wildman–Crippen LogP) is 4.47. The van der Waals surface area contributed by atoms with Gasteiger partial charge in [-0.3, -0.25) is 4.79 Å². The molecule has 1 saturated heterocycles. The highest BCUT2D eigenvalue weighted by Gasteiger charge is 2.32. The Bertz CT molecular complexity index is 1460. The van der Waals surface area contributed by atoms with Gasteiger partial charge in [0.05, 0.1) is 17.1 Å². The van der Waals surface area contributed by atoms with Crippen molar-refractivity contribution in [1.29, 1.82) is 0 Å². The van der Waals surface area contributed by atoms with Gasteiger partial charge in [0.25, 0.3) is 0 Å². The fraction of sp³-hybridized carbons (Fsp3) is 0.385. The fourth-order valence-corrected chi connectivity index (χ4v) is 6.66. The molecule has 5 rings (SSSR count). The van der Waals surface area contributed by atoms with E-state index in [9.17, 15) is 13.2 Å². The summed E-state index contributed by atoms with van der Waals surface area (Å²) in [7, 11) is -3.36. The van der Waals surface area contributed by atoms with E-state index in [2.05, 4.69) is 11.2 Å². The summed E-state index contributed by atoms with van der Waals surface area (Å²) in [6.07, 6.45) is 2.94. The number of ether oxygens (including phenoxy) is 1. The lowest BCUT2D eigenvalue weighted by Crippen LogP contribution is -2.50. The van der Waals surface area contributed by atoms with Crippen LogP contribution in [0.5, 0.6) is 5.75 Å². The van der Waals surface area contributed by atoms with Gasteiger partial charge in [-0.1, -0.05) is 47.5 Å². The molecule has 1 atom stereocenters. The van der Waals surface area contributed by atoms with Crippen LogP contribution in [0.3, 0.4) is 0 Å². The summed E-state index contributed by atoms with van der Waals surface area (Å²) in [6.45, 7) is 4.82. The second-order valence-electron chi connectivity index (χ2n) is 9.53. The third kappa shape index (κ3) is 5.10. The minimum Gasteiger partial charge on any atom is -0.478 e. The molecule has 1 unspecified atom stereocenters. The molecule has 196 valence electrons. The zero-order valence-corrected chi connectivity index (χ0v) is 22.9. The smallest absolute Gasteiger partial charge is 0.316 e. The second kappa shape index (κ2) is 10.3. The molecular weight excluding hydrogens is 535 g/mol. The zero-order valence-electron chi connectivity index (χ0n) is 20.6. The normalized spacial score (nSPS) is 18.3. The van der Waals surface area contributed by atoms with E-state index in [-0.39, 0.29) is 11.9 Å². The molecule has 0 bridgehead atoms. The largest absolute Gasteiger partial charge is 0.478 e. The van der Waals surface area contributed by atoms with Crippen LogP contribution in [0, 0.1) is 0 Å². The highest BCUT2D eigenvalue weighted by molar-refractivity contribution is 7.89. The number of anilines is 1. The highest BCUT2D eigenvalue weighted by Crippen LogP contribution is 2.37. The molecule has 8 nitrogen and oxygen atoms in total. The maximum Gasteiger partial charge on any atom is 0.316 e. The van der Waals surface area contributed by atoms with Crippen molar-refractivity contribution in [1.82, 2.24) is 14.1 Å². The van der Waals surface area contributed by atoms with Crippen molar-refractivity contribution in [2.45, 2.75) is 38.0 Å². The van der Waals surface area contributed by atoms with Gasteiger partial charge in [0.2, 0.25) is 15.8 Å². The SMILES string of the molecule is CC(C)S(=O)(=O)N1CCN(c2cnn(-c3cc(Cl)cc(Cl)c3)c(=O)c2OC2CCc3ccccc32)CC1. The van der Waals surface area contributed by atoms with Crippen LogP contribution >= 0.6 is 23.2 Å². The summed E-state index contributed by atoms with van der Waals surface area (Å²) in [5.41, 5.74) is 2.81. The molecule has 0 radical (unpaired) electrons. The average Bonchev–Trinajstić information content (AvgIpc) is 3.27. The number of aryl methyl sites for hydroxylation is 1. The van der Waals surface area contributed by atoms with Crippen LogP contribution in [0.4, 0.5) is 5.69 Å². The minimum atomic E-state index is -3.36. The molecular formula is C26H28Cl2N4O4S. The first-order valence-corrected chi connectivity index (χ1v) is 14.5. The number of aromatic nitrogens is 2. The lowest BCUT2D eigenvalue weighted by Gasteiger charge is -2.36. The monoisotopic (exact) mass is 562 g/mol. The first kappa shape index (κ1) is 26.0. The minimum absolute atomic E-state index is 0.174. The zero-order chi connectivity index (χ0) is 26.3. The van der Waals surface area contributed by atoms with Crippen LogP contribution < -0.4 is 15.2 Å². The summed E-state index contributed by atoms with van der Waals surface area (Å²) in [5.74, 6) is 0.174. The molecule has 0 amide bonds. The van der Waals surface area contributed by atoms with Crippen molar-refractivity contribution >= 4 is 38.9 Å². The molecule has 2 aliphatic rings. The average molecular weight is 564 g/mol. The summed E-state index contributed by atoms with van der Waals surface area (Å²) in [4.78, 5) is 15.8. The number of piperazine rings is 1. The first-order valence-electron chi connectivity index (χ1n) is 12.2. The Morgan fingerprint density at radius 3 is 2.38 bits per heavy atom. The van der Waals surface area contributed by atoms with Gasteiger partial charge >= 0.3 is 5.56 Å². The Balaban J connectivity index is 1.52. The molecule has 2 heterocycles. The van der Waals surface area contributed by atoms with E-state index < -0.39 is 20.8 Å². The molecule has 11 heteroatoms. The maximum atomic E-state index is 13.8. The van der Waals surface area contributed by atoms with E-state index in [0.717, 1.165) is 18.4 Å². The summed E-state index contributed by atoms with van der Waals surface area (Å²) in [6, 6.07) is 12.9. The number of benzene rings is 2. The lowest BCUT2D eigenvalue weighted by molar-refractivity contribution is 0.203. The number of nitrogens with zero attached hydrogens (tertiary/aromatic N) is 4. The summed E-state index contributed by atoms with van der Waals surface area (Å²) < 4.78 is 34.5. The number of sulfonamides is 1. The third-order valence-electron chi connectivity index (χ3n) is 6.88. The van der Waals surface area contributed by atoms with Crippen LogP contribution in [0.15, 0.2) is 53.5 Å². The molecule has 1 aliphatic heterocycles. The fourth-order valence-electron chi connectivity index (χ4n) is 4.88. The highest BCUT2D eigenvalue weighted by atomic mass is 35.5. The Kier molecular flexibility index (Phi) is 7.24. The lowest BCUT2D eigenvalue weighted by atomic mass is 10.1. The van der Waals surface area contributed by atoms with E-state index in [1.807, 2.05) is 23.1 Å². The van der Waals surface area contributed by atoms with Crippen molar-refractivity contribution in [3.63, 3.8) is 0 Å². The molecule has 1 aromatic heterocycles. The number of rotatable bonds is 6. The molecule has 0 saturated carbocycles.